The van der Waals surface area contributed by atoms with E-state index in [0.717, 1.165) is 18.4 Å². The van der Waals surface area contributed by atoms with Gasteiger partial charge in [0, 0.05) is 12.5 Å². The Morgan fingerprint density at radius 3 is 2.50 bits per heavy atom. The maximum atomic E-state index is 12.7. The highest BCUT2D eigenvalue weighted by Gasteiger charge is 2.39. The number of carbonyl (C=O) groups is 2. The van der Waals surface area contributed by atoms with Crippen molar-refractivity contribution in [2.24, 2.45) is 5.92 Å². The predicted octanol–water partition coefficient (Wildman–Crippen LogP) is 3.16. The number of nitrogens with zero attached hydrogens (tertiary/aromatic N) is 2. The van der Waals surface area contributed by atoms with Crippen LogP contribution in [0.15, 0.2) is 30.3 Å². The Morgan fingerprint density at radius 2 is 1.95 bits per heavy atom. The van der Waals surface area contributed by atoms with Gasteiger partial charge in [0.05, 0.1) is 5.54 Å². The van der Waals surface area contributed by atoms with Gasteiger partial charge in [-0.15, -0.1) is 0 Å². The molecule has 1 fully saturated rings. The number of hydrazine groups is 1. The third-order valence-electron chi connectivity index (χ3n) is 3.91. The largest absolute Gasteiger partial charge is 0.464 e. The molecule has 1 heterocycles. The lowest BCUT2D eigenvalue weighted by Gasteiger charge is -2.44. The molecule has 1 N–H and O–H groups in total. The fraction of sp³-hybridized carbons (Fsp3) is 0.529. The van der Waals surface area contributed by atoms with E-state index in [1.54, 1.807) is 20.8 Å². The number of benzene rings is 1. The second-order valence-electron chi connectivity index (χ2n) is 6.76. The number of rotatable bonds is 3. The fourth-order valence-electron chi connectivity index (χ4n) is 2.97. The van der Waals surface area contributed by atoms with Crippen molar-refractivity contribution in [1.82, 2.24) is 10.0 Å². The van der Waals surface area contributed by atoms with Gasteiger partial charge in [0.1, 0.15) is 0 Å². The van der Waals surface area contributed by atoms with Crippen LogP contribution < -0.4 is 0 Å². The Hall–Kier alpha value is -2.04. The first kappa shape index (κ1) is 16.3. The number of carbonyl (C=O) groups excluding carboxylic acids is 1. The van der Waals surface area contributed by atoms with E-state index in [1.807, 2.05) is 30.3 Å². The first-order valence-electron chi connectivity index (χ1n) is 7.69. The Kier molecular flexibility index (Phi) is 4.74. The summed E-state index contributed by atoms with van der Waals surface area (Å²) in [4.78, 5) is 24.3. The van der Waals surface area contributed by atoms with Gasteiger partial charge in [-0.2, -0.15) is 0 Å². The Balaban J connectivity index is 2.17. The van der Waals surface area contributed by atoms with Crippen molar-refractivity contribution in [3.63, 3.8) is 0 Å². The van der Waals surface area contributed by atoms with Gasteiger partial charge < -0.3 is 5.11 Å². The highest BCUT2D eigenvalue weighted by atomic mass is 16.4. The van der Waals surface area contributed by atoms with E-state index >= 15 is 0 Å². The van der Waals surface area contributed by atoms with E-state index < -0.39 is 11.6 Å². The molecule has 0 bridgehead atoms. The SMILES string of the molecule is CC(C)(C)N(C(=O)O)N1CCCC(Cc2ccccc2)C1=O. The second kappa shape index (κ2) is 6.38. The van der Waals surface area contributed by atoms with Crippen LogP contribution in [0.1, 0.15) is 39.2 Å². The first-order chi connectivity index (χ1) is 10.3. The summed E-state index contributed by atoms with van der Waals surface area (Å²) in [6.07, 6.45) is 1.21. The third-order valence-corrected chi connectivity index (χ3v) is 3.91. The topological polar surface area (TPSA) is 60.9 Å². The van der Waals surface area contributed by atoms with Crippen molar-refractivity contribution in [1.29, 1.82) is 0 Å². The van der Waals surface area contributed by atoms with Gasteiger partial charge in [-0.3, -0.25) is 4.79 Å². The number of amides is 2. The zero-order chi connectivity index (χ0) is 16.3. The van der Waals surface area contributed by atoms with Crippen molar-refractivity contribution in [3.8, 4) is 0 Å². The van der Waals surface area contributed by atoms with Crippen LogP contribution in [0.5, 0.6) is 0 Å². The van der Waals surface area contributed by atoms with Crippen LogP contribution in [-0.4, -0.2) is 39.2 Å². The van der Waals surface area contributed by atoms with Crippen LogP contribution in [0, 0.1) is 5.92 Å². The number of hydrogen-bond acceptors (Lipinski definition) is 2. The molecule has 22 heavy (non-hydrogen) atoms. The fourth-order valence-corrected chi connectivity index (χ4v) is 2.97. The Morgan fingerprint density at radius 1 is 1.32 bits per heavy atom. The van der Waals surface area contributed by atoms with E-state index in [-0.39, 0.29) is 11.8 Å². The molecule has 0 radical (unpaired) electrons. The average molecular weight is 304 g/mol. The van der Waals surface area contributed by atoms with Gasteiger partial charge in [0.25, 0.3) is 0 Å². The van der Waals surface area contributed by atoms with Gasteiger partial charge in [0.2, 0.25) is 5.91 Å². The van der Waals surface area contributed by atoms with Crippen molar-refractivity contribution in [2.75, 3.05) is 6.54 Å². The van der Waals surface area contributed by atoms with Gasteiger partial charge in [0.15, 0.2) is 0 Å². The lowest BCUT2D eigenvalue weighted by atomic mass is 9.91. The molecule has 0 spiro atoms. The summed E-state index contributed by atoms with van der Waals surface area (Å²) in [5, 5.41) is 12.1. The summed E-state index contributed by atoms with van der Waals surface area (Å²) < 4.78 is 0. The molecule has 1 aromatic carbocycles. The normalized spacial score (nSPS) is 19.1. The molecule has 2 amide bonds. The lowest BCUT2D eigenvalue weighted by molar-refractivity contribution is -0.163. The van der Waals surface area contributed by atoms with Crippen LogP contribution in [0.4, 0.5) is 4.79 Å². The molecule has 0 aromatic heterocycles. The summed E-state index contributed by atoms with van der Waals surface area (Å²) in [6, 6.07) is 9.87. The van der Waals surface area contributed by atoms with Crippen molar-refractivity contribution >= 4 is 12.0 Å². The van der Waals surface area contributed by atoms with Gasteiger partial charge in [-0.25, -0.2) is 14.8 Å². The monoisotopic (exact) mass is 304 g/mol. The van der Waals surface area contributed by atoms with Crippen LogP contribution in [0.2, 0.25) is 0 Å². The van der Waals surface area contributed by atoms with E-state index in [9.17, 15) is 14.7 Å². The maximum Gasteiger partial charge on any atom is 0.426 e. The number of piperidine rings is 1. The Labute approximate surface area is 131 Å². The maximum absolute atomic E-state index is 12.7. The summed E-state index contributed by atoms with van der Waals surface area (Å²) in [7, 11) is 0. The van der Waals surface area contributed by atoms with Gasteiger partial charge >= 0.3 is 6.09 Å². The van der Waals surface area contributed by atoms with Crippen molar-refractivity contribution in [2.45, 2.75) is 45.6 Å². The molecule has 1 aliphatic rings. The van der Waals surface area contributed by atoms with Crippen LogP contribution in [0.25, 0.3) is 0 Å². The minimum absolute atomic E-state index is 0.0903. The molecule has 1 unspecified atom stereocenters. The zero-order valence-corrected chi connectivity index (χ0v) is 13.5. The molecular formula is C17H24N2O3. The molecule has 1 aliphatic heterocycles. The van der Waals surface area contributed by atoms with Crippen molar-refractivity contribution < 1.29 is 14.7 Å². The molecule has 1 atom stereocenters. The predicted molar refractivity (Wildman–Crippen MR) is 84.2 cm³/mol. The molecule has 5 heteroatoms. The minimum atomic E-state index is -1.08. The lowest BCUT2D eigenvalue weighted by Crippen LogP contribution is -2.60. The van der Waals surface area contributed by atoms with Crippen LogP contribution in [0.3, 0.4) is 0 Å². The summed E-state index contributed by atoms with van der Waals surface area (Å²) >= 11 is 0. The highest BCUT2D eigenvalue weighted by molar-refractivity contribution is 5.82. The summed E-state index contributed by atoms with van der Waals surface area (Å²) in [5.74, 6) is -0.243. The average Bonchev–Trinajstić information content (AvgIpc) is 2.42. The van der Waals surface area contributed by atoms with Crippen molar-refractivity contribution in [3.05, 3.63) is 35.9 Å². The van der Waals surface area contributed by atoms with Gasteiger partial charge in [-0.05, 0) is 45.6 Å². The molecule has 120 valence electrons. The van der Waals surface area contributed by atoms with E-state index in [0.29, 0.717) is 13.0 Å². The molecule has 1 aromatic rings. The second-order valence-corrected chi connectivity index (χ2v) is 6.76. The molecule has 0 aliphatic carbocycles. The molecule has 0 saturated carbocycles. The van der Waals surface area contributed by atoms with Gasteiger partial charge in [-0.1, -0.05) is 30.3 Å². The van der Waals surface area contributed by atoms with E-state index in [4.69, 9.17) is 0 Å². The molecule has 2 rings (SSSR count). The third kappa shape index (κ3) is 3.59. The summed E-state index contributed by atoms with van der Waals surface area (Å²) in [6.45, 7) is 5.87. The summed E-state index contributed by atoms with van der Waals surface area (Å²) in [5.41, 5.74) is 0.469. The smallest absolute Gasteiger partial charge is 0.426 e. The van der Waals surface area contributed by atoms with Crippen LogP contribution >= 0.6 is 0 Å². The Bertz CT molecular complexity index is 537. The van der Waals surface area contributed by atoms with E-state index in [2.05, 4.69) is 0 Å². The zero-order valence-electron chi connectivity index (χ0n) is 13.5. The molecule has 1 saturated heterocycles. The standard InChI is InChI=1S/C17H24N2O3/c1-17(2,3)19(16(21)22)18-11-7-10-14(15(18)20)12-13-8-5-4-6-9-13/h4-6,8-9,14H,7,10-12H2,1-3H3,(H,21,22). The quantitative estimate of drug-likeness (QED) is 0.933. The first-order valence-corrected chi connectivity index (χ1v) is 7.69. The highest BCUT2D eigenvalue weighted by Crippen LogP contribution is 2.27. The van der Waals surface area contributed by atoms with Crippen LogP contribution in [-0.2, 0) is 11.2 Å². The van der Waals surface area contributed by atoms with E-state index in [1.165, 1.54) is 10.0 Å². The minimum Gasteiger partial charge on any atom is -0.464 e. The number of carboxylic acid groups (broad SMARTS) is 1. The molecule has 5 nitrogen and oxygen atoms in total. The molecular weight excluding hydrogens is 280 g/mol. The number of hydrogen-bond donors (Lipinski definition) is 1.